The normalized spacial score (nSPS) is 11.2. The van der Waals surface area contributed by atoms with Crippen LogP contribution in [0.4, 0.5) is 11.9 Å². The largest absolute Gasteiger partial charge is 0.489 e. The van der Waals surface area contributed by atoms with Crippen molar-refractivity contribution in [2.75, 3.05) is 11.5 Å². The quantitative estimate of drug-likeness (QED) is 0.182. The smallest absolute Gasteiger partial charge is 0.248 e. The van der Waals surface area contributed by atoms with E-state index in [1.54, 1.807) is 33.4 Å². The molecule has 216 valence electrons. The van der Waals surface area contributed by atoms with Crippen LogP contribution in [0.1, 0.15) is 48.4 Å². The van der Waals surface area contributed by atoms with Crippen LogP contribution in [-0.4, -0.2) is 43.1 Å². The number of imidazole rings is 2. The summed E-state index contributed by atoms with van der Waals surface area (Å²) in [6.45, 7) is 8.29. The second kappa shape index (κ2) is 13.0. The Hall–Kier alpha value is -3.78. The van der Waals surface area contributed by atoms with Crippen LogP contribution >= 0.6 is 34.0 Å². The minimum atomic E-state index is -0.581. The van der Waals surface area contributed by atoms with Crippen molar-refractivity contribution in [3.63, 3.8) is 0 Å². The van der Waals surface area contributed by atoms with Gasteiger partial charge in [0.1, 0.15) is 22.5 Å². The van der Waals surface area contributed by atoms with Crippen LogP contribution in [0.5, 0.6) is 11.5 Å². The summed E-state index contributed by atoms with van der Waals surface area (Å²) in [5, 5.41) is 0. The van der Waals surface area contributed by atoms with E-state index in [2.05, 4.69) is 9.97 Å². The van der Waals surface area contributed by atoms with Crippen molar-refractivity contribution in [2.24, 2.45) is 11.5 Å². The summed E-state index contributed by atoms with van der Waals surface area (Å²) in [5.74, 6) is 0.298. The highest BCUT2D eigenvalue weighted by Gasteiger charge is 2.19. The Balaban J connectivity index is 0.00000280. The fraction of sp³-hybridized carbons (Fsp3) is 0.308. The second-order valence-electron chi connectivity index (χ2n) is 9.38. The summed E-state index contributed by atoms with van der Waals surface area (Å²) in [4.78, 5) is 32.4. The second-order valence-corrected chi connectivity index (χ2v) is 9.38. The number of nitrogen functional groups attached to an aromatic ring is 2. The van der Waals surface area contributed by atoms with Crippen molar-refractivity contribution in [3.8, 4) is 11.5 Å². The van der Waals surface area contributed by atoms with Crippen LogP contribution in [0.2, 0.25) is 0 Å². The molecule has 0 aliphatic rings. The maximum absolute atomic E-state index is 11.8. The molecule has 0 radical (unpaired) electrons. The highest BCUT2D eigenvalue weighted by molar-refractivity contribution is 8.93. The molecular weight excluding hydrogens is 648 g/mol. The number of halogens is 2. The number of rotatable bonds is 10. The molecule has 4 aromatic rings. The van der Waals surface area contributed by atoms with Gasteiger partial charge in [0.25, 0.3) is 0 Å². The summed E-state index contributed by atoms with van der Waals surface area (Å²) < 4.78 is 15.5. The van der Waals surface area contributed by atoms with Crippen molar-refractivity contribution in [1.29, 1.82) is 0 Å². The van der Waals surface area contributed by atoms with Gasteiger partial charge in [0.05, 0.1) is 23.2 Å². The van der Waals surface area contributed by atoms with Crippen molar-refractivity contribution in [1.82, 2.24) is 19.1 Å². The number of benzene rings is 2. The van der Waals surface area contributed by atoms with Crippen LogP contribution < -0.4 is 32.4 Å². The molecule has 14 heteroatoms. The number of nitrogens with two attached hydrogens (primary N) is 4. The monoisotopic (exact) mass is 680 g/mol. The number of nitrogens with zero attached hydrogens (tertiary/aromatic N) is 4. The Labute approximate surface area is 252 Å². The number of hydrogen-bond donors (Lipinski definition) is 4. The number of anilines is 2. The molecule has 4 rings (SSSR count). The predicted molar refractivity (Wildman–Crippen MR) is 167 cm³/mol. The van der Waals surface area contributed by atoms with Gasteiger partial charge in [-0.1, -0.05) is 12.2 Å². The van der Waals surface area contributed by atoms with Crippen LogP contribution in [0.15, 0.2) is 36.4 Å². The van der Waals surface area contributed by atoms with E-state index in [0.717, 1.165) is 0 Å². The molecular formula is C26H34Br2N8O4. The average molecular weight is 682 g/mol. The zero-order chi connectivity index (χ0) is 27.7. The van der Waals surface area contributed by atoms with E-state index >= 15 is 0 Å². The van der Waals surface area contributed by atoms with Crippen LogP contribution in [-0.2, 0) is 13.1 Å². The number of fused-ring (bicyclic) bond motifs is 2. The lowest BCUT2D eigenvalue weighted by Gasteiger charge is -2.14. The molecule has 0 saturated carbocycles. The van der Waals surface area contributed by atoms with E-state index in [9.17, 15) is 9.59 Å². The zero-order valence-corrected chi connectivity index (χ0v) is 26.0. The minimum Gasteiger partial charge on any atom is -0.489 e. The molecule has 0 saturated heterocycles. The van der Waals surface area contributed by atoms with Gasteiger partial charge < -0.3 is 41.5 Å². The maximum Gasteiger partial charge on any atom is 0.248 e. The number of primary amides is 2. The molecule has 40 heavy (non-hydrogen) atoms. The predicted octanol–water partition coefficient (Wildman–Crippen LogP) is 3.73. The van der Waals surface area contributed by atoms with Gasteiger partial charge in [0, 0.05) is 24.2 Å². The van der Waals surface area contributed by atoms with Crippen molar-refractivity contribution >= 4 is 79.7 Å². The summed E-state index contributed by atoms with van der Waals surface area (Å²) in [6.07, 6.45) is 3.53. The lowest BCUT2D eigenvalue weighted by molar-refractivity contribution is 0.0991. The number of carbonyl (C=O) groups excluding carboxylic acids is 2. The van der Waals surface area contributed by atoms with Gasteiger partial charge in [-0.05, 0) is 52.0 Å². The average Bonchev–Trinajstić information content (AvgIpc) is 3.31. The third-order valence-electron chi connectivity index (χ3n) is 5.71. The van der Waals surface area contributed by atoms with E-state index in [4.69, 9.17) is 32.4 Å². The molecule has 12 nitrogen and oxygen atoms in total. The Morgan fingerprint density at radius 1 is 0.750 bits per heavy atom. The number of amides is 2. The molecule has 0 aliphatic carbocycles. The summed E-state index contributed by atoms with van der Waals surface area (Å²) in [5.41, 5.74) is 26.3. The van der Waals surface area contributed by atoms with E-state index < -0.39 is 11.8 Å². The summed E-state index contributed by atoms with van der Waals surface area (Å²) >= 11 is 0. The summed E-state index contributed by atoms with van der Waals surface area (Å²) in [6, 6.07) is 6.38. The molecule has 2 heterocycles. The third kappa shape index (κ3) is 6.67. The Kier molecular flexibility index (Phi) is 10.6. The number of carbonyl (C=O) groups is 2. The molecule has 2 amide bonds. The molecule has 0 aliphatic heterocycles. The highest BCUT2D eigenvalue weighted by atomic mass is 79.9. The van der Waals surface area contributed by atoms with Gasteiger partial charge in [-0.2, -0.15) is 0 Å². The first kappa shape index (κ1) is 32.4. The van der Waals surface area contributed by atoms with Crippen LogP contribution in [0.3, 0.4) is 0 Å². The highest BCUT2D eigenvalue weighted by Crippen LogP contribution is 2.32. The molecule has 2 aromatic carbocycles. The van der Waals surface area contributed by atoms with E-state index in [0.29, 0.717) is 46.7 Å². The first-order chi connectivity index (χ1) is 18.0. The van der Waals surface area contributed by atoms with Crippen molar-refractivity contribution in [3.05, 3.63) is 47.5 Å². The fourth-order valence-electron chi connectivity index (χ4n) is 4.20. The third-order valence-corrected chi connectivity index (χ3v) is 5.71. The van der Waals surface area contributed by atoms with Gasteiger partial charge in [-0.15, -0.1) is 34.0 Å². The van der Waals surface area contributed by atoms with Crippen molar-refractivity contribution in [2.45, 2.75) is 53.0 Å². The molecule has 2 aromatic heterocycles. The number of allylic oxidation sites excluding steroid dienone is 2. The standard InChI is InChI=1S/C26H32N8O4.2BrH/c1-13(2)37-19-11-15(23(27)35)9-17-21(19)33(25(29)31-17)7-5-6-8-34-22-18(32-26(34)30)10-16(24(28)36)12-20(22)38-14(3)4;;/h5-6,9-14H,7-8H2,1-4H3,(H2,27,35)(H2,28,36)(H2,29,31)(H2,30,32);2*1H/b6-5+;;. The summed E-state index contributed by atoms with van der Waals surface area (Å²) in [7, 11) is 0. The zero-order valence-electron chi connectivity index (χ0n) is 22.6. The Morgan fingerprint density at radius 2 is 1.10 bits per heavy atom. The van der Waals surface area contributed by atoms with E-state index in [1.165, 1.54) is 0 Å². The number of ether oxygens (including phenoxy) is 2. The molecule has 0 fully saturated rings. The Morgan fingerprint density at radius 3 is 1.40 bits per heavy atom. The number of hydrogen-bond acceptors (Lipinski definition) is 8. The molecule has 0 bridgehead atoms. The lowest BCUT2D eigenvalue weighted by atomic mass is 10.1. The van der Waals surface area contributed by atoms with Crippen LogP contribution in [0, 0.1) is 0 Å². The molecule has 0 unspecified atom stereocenters. The first-order valence-electron chi connectivity index (χ1n) is 12.1. The Bertz CT molecular complexity index is 1460. The first-order valence-corrected chi connectivity index (χ1v) is 12.1. The molecule has 8 N–H and O–H groups in total. The van der Waals surface area contributed by atoms with Crippen LogP contribution in [0.25, 0.3) is 22.1 Å². The van der Waals surface area contributed by atoms with E-state index in [-0.39, 0.29) is 69.2 Å². The van der Waals surface area contributed by atoms with Gasteiger partial charge >= 0.3 is 0 Å². The molecule has 0 atom stereocenters. The lowest BCUT2D eigenvalue weighted by Crippen LogP contribution is -2.13. The minimum absolute atomic E-state index is 0. The van der Waals surface area contributed by atoms with Gasteiger partial charge in [0.15, 0.2) is 0 Å². The fourth-order valence-corrected chi connectivity index (χ4v) is 4.20. The SMILES string of the molecule is Br.Br.CC(C)Oc1cc(C(N)=O)cc2nc(N)n(C/C=C/Cn3c(N)nc4cc(C(N)=O)cc(OC(C)C)c43)c12. The molecule has 0 spiro atoms. The maximum atomic E-state index is 11.8. The van der Waals surface area contributed by atoms with Crippen molar-refractivity contribution < 1.29 is 19.1 Å². The topological polar surface area (TPSA) is 192 Å². The van der Waals surface area contributed by atoms with Gasteiger partial charge in [0.2, 0.25) is 23.7 Å². The number of aromatic nitrogens is 4. The van der Waals surface area contributed by atoms with Gasteiger partial charge in [-0.25, -0.2) is 9.97 Å². The van der Waals surface area contributed by atoms with Gasteiger partial charge in [-0.3, -0.25) is 9.59 Å². The van der Waals surface area contributed by atoms with E-state index in [1.807, 2.05) is 39.8 Å².